The zero-order valence-electron chi connectivity index (χ0n) is 78.1. The van der Waals surface area contributed by atoms with Crippen LogP contribution in [0.2, 0.25) is 0 Å². The lowest BCUT2D eigenvalue weighted by Crippen LogP contribution is -2.62. The molecule has 2 saturated heterocycles. The Hall–Kier alpha value is -14.1. The van der Waals surface area contributed by atoms with Gasteiger partial charge in [0.15, 0.2) is 5.78 Å². The van der Waals surface area contributed by atoms with Gasteiger partial charge in [-0.05, 0) is 78.6 Å². The standard InChI is InChI=1S/C90H120N20O28S3/c1-46(91)76(126)105-64(86(136)95-47(2)77(127)98-60(36-66(93)113)83(133)97-56(24-26-71(119)120)80(130)101-59(87(137)107-90(6)39-65(90)112)35-51-17-12-16-50-15-10-11-18-53(50)51)42-141-45-69(116)110-30-28-108-27-29-109(31-32-110)68(115)44-140-41-63(75(94)125)104-88(138)74(89(3,4)5)106-85(135)62(38-73(123)124)103-82(132)58(34-49-19-21-52(111)22-20-49)99-81(131)57(33-48-13-8-7-9-14-48)100-84(134)61(37-72(121)122)102-79(129)55(23-25-70(117)118)96-78(128)54(92)40-139-43-67(108)114/h7-22,46-47,54-64,74,111H,23-45,91-92H2,1-6H3,(H2,93,113)(H2,94,125)(H,95,136)(H,96,128)(H,97,133)(H,98,127)(H,99,131)(H,100,134)(H,101,130)(H,102,129)(H,103,132)(H,104,138)(H,105,126)(H,106,135)(H,107,137)(H,117,118)(H,119,120)(H,121,122)(H,123,124)/t46-,47+,54+,55-,56-,57-,58-,59-,60-,61-,62?,63-,64-,74+,90-/m0/s1. The second-order valence-corrected chi connectivity index (χ2v) is 38.3. The van der Waals surface area contributed by atoms with E-state index in [1.165, 1.54) is 85.7 Å². The number of nitrogens with one attached hydrogen (secondary N) is 13. The highest BCUT2D eigenvalue weighted by atomic mass is 32.2. The van der Waals surface area contributed by atoms with Gasteiger partial charge < -0.3 is 132 Å². The SMILES string of the molecule is C[C@H](N)C(=O)N[C@@H](CSCC(=O)N1CCN2CCN(CC1)C(=O)CSC[C@@H](C(N)=O)NC(=O)[C@H](C(C)(C)C)NC(=O)C(CC(=O)O)NC(=O)[C@H](Cc1ccc(O)cc1)NC(=O)[C@H](Cc1ccccc1)NC(=O)[C@H](CC(=O)O)NC(=O)[C@H](CCC(=O)O)NC(=O)[C@H](N)CSCC2=O)C(=O)N[C@H](C)C(=O)N[C@@H](CC(N)=O)C(=O)N[C@@H](CCC(=O)O)C(=O)N[C@@H](Cc1cccc2ccccc12)C(=O)N[C@@]1(C)CC1=O. The summed E-state index contributed by atoms with van der Waals surface area (Å²) in [5.41, 5.74) is 22.2. The molecule has 0 aromatic heterocycles. The Labute approximate surface area is 821 Å². The molecule has 4 aromatic rings. The summed E-state index contributed by atoms with van der Waals surface area (Å²) >= 11 is 2.33. The number of aliphatic carboxylic acids is 4. The summed E-state index contributed by atoms with van der Waals surface area (Å²) < 4.78 is 0. The third-order valence-electron chi connectivity index (χ3n) is 22.6. The molecule has 2 heterocycles. The van der Waals surface area contributed by atoms with Crippen molar-refractivity contribution in [2.24, 2.45) is 28.3 Å². The molecule has 3 fully saturated rings. The number of carbonyl (C=O) groups excluding carboxylic acids is 19. The molecule has 3 aliphatic rings. The van der Waals surface area contributed by atoms with Crippen LogP contribution in [0.1, 0.15) is 110 Å². The molecule has 1 aliphatic carbocycles. The van der Waals surface area contributed by atoms with Gasteiger partial charge in [0.25, 0.3) is 0 Å². The summed E-state index contributed by atoms with van der Waals surface area (Å²) in [6, 6.07) is 0.867. The maximum atomic E-state index is 14.8. The molecule has 2 aliphatic heterocycles. The smallest absolute Gasteiger partial charge is 0.305 e. The van der Waals surface area contributed by atoms with E-state index in [1.54, 1.807) is 48.5 Å². The molecule has 2 bridgehead atoms. The molecule has 0 spiro atoms. The normalized spacial score (nSPS) is 21.8. The lowest BCUT2D eigenvalue weighted by atomic mass is 9.85. The van der Waals surface area contributed by atoms with Crippen molar-refractivity contribution in [3.05, 3.63) is 114 Å². The second kappa shape index (κ2) is 53.9. The van der Waals surface area contributed by atoms with Gasteiger partial charge in [-0.2, -0.15) is 0 Å². The number of thioether (sulfide) groups is 3. The molecule has 1 saturated carbocycles. The number of amides is 18. The third-order valence-corrected chi connectivity index (χ3v) is 25.7. The van der Waals surface area contributed by atoms with E-state index in [-0.39, 0.29) is 69.2 Å². The number of ketones is 1. The average molecular weight is 2030 g/mol. The van der Waals surface area contributed by atoms with Gasteiger partial charge in [-0.25, -0.2) is 0 Å². The molecule has 7 rings (SSSR count). The topological polar surface area (TPSA) is 764 Å². The Kier molecular flexibility index (Phi) is 43.5. The zero-order valence-corrected chi connectivity index (χ0v) is 80.5. The van der Waals surface area contributed by atoms with E-state index in [2.05, 4.69) is 69.1 Å². The number of carboxylic acids is 4. The summed E-state index contributed by atoms with van der Waals surface area (Å²) in [5.74, 6) is -28.9. The summed E-state index contributed by atoms with van der Waals surface area (Å²) in [5, 5.41) is 82.7. The van der Waals surface area contributed by atoms with Crippen molar-refractivity contribution in [3.63, 3.8) is 0 Å². The Morgan fingerprint density at radius 3 is 1.52 bits per heavy atom. The number of nitrogens with zero attached hydrogens (tertiary/aromatic N) is 3. The Morgan fingerprint density at radius 1 is 0.511 bits per heavy atom. The largest absolute Gasteiger partial charge is 0.508 e. The summed E-state index contributed by atoms with van der Waals surface area (Å²) in [6.45, 7) is 6.82. The number of carboxylic acid groups (broad SMARTS) is 4. The van der Waals surface area contributed by atoms with Crippen LogP contribution in [0, 0.1) is 5.41 Å². The summed E-state index contributed by atoms with van der Waals surface area (Å²) in [4.78, 5) is 320. The van der Waals surface area contributed by atoms with Gasteiger partial charge in [0.1, 0.15) is 83.8 Å². The van der Waals surface area contributed by atoms with Crippen LogP contribution < -0.4 is 92.1 Å². The Balaban J connectivity index is 1.13. The van der Waals surface area contributed by atoms with E-state index >= 15 is 0 Å². The van der Waals surface area contributed by atoms with Crippen LogP contribution >= 0.6 is 35.3 Å². The zero-order chi connectivity index (χ0) is 104. The number of aromatic hydroxyl groups is 1. The molecule has 0 radical (unpaired) electrons. The molecule has 15 atom stereocenters. The number of benzene rings is 4. The van der Waals surface area contributed by atoms with Crippen molar-refractivity contribution in [3.8, 4) is 5.75 Å². The van der Waals surface area contributed by atoms with Crippen LogP contribution in [0.3, 0.4) is 0 Å². The van der Waals surface area contributed by atoms with Gasteiger partial charge in [-0.1, -0.05) is 106 Å². The predicted molar refractivity (Wildman–Crippen MR) is 509 cm³/mol. The number of primary amides is 2. The van der Waals surface area contributed by atoms with Crippen LogP contribution in [0.5, 0.6) is 5.75 Å². The molecular weight excluding hydrogens is 1910 g/mol. The van der Waals surface area contributed by atoms with E-state index in [9.17, 15) is 136 Å². The van der Waals surface area contributed by atoms with Gasteiger partial charge in [-0.3, -0.25) is 110 Å². The Morgan fingerprint density at radius 2 is 0.986 bits per heavy atom. The van der Waals surface area contributed by atoms with E-state index in [0.29, 0.717) is 16.5 Å². The lowest BCUT2D eigenvalue weighted by Gasteiger charge is -2.33. The van der Waals surface area contributed by atoms with Crippen molar-refractivity contribution in [1.29, 1.82) is 0 Å². The molecule has 141 heavy (non-hydrogen) atoms. The van der Waals surface area contributed by atoms with Crippen molar-refractivity contribution in [1.82, 2.24) is 83.8 Å². The van der Waals surface area contributed by atoms with Crippen LogP contribution in [0.4, 0.5) is 0 Å². The minimum absolute atomic E-state index is 0.00240. The first kappa shape index (κ1) is 114. The maximum absolute atomic E-state index is 14.8. The van der Waals surface area contributed by atoms with Crippen LogP contribution in [-0.2, 0) is 130 Å². The Bertz CT molecular complexity index is 5300. The van der Waals surface area contributed by atoms with Gasteiger partial charge in [0.2, 0.25) is 106 Å². The third kappa shape index (κ3) is 37.2. The fourth-order valence-corrected chi connectivity index (χ4v) is 17.2. The molecule has 4 aromatic carbocycles. The number of phenols is 1. The van der Waals surface area contributed by atoms with E-state index < -0.39 is 318 Å². The molecule has 48 nitrogen and oxygen atoms in total. The minimum atomic E-state index is -2.13. The second-order valence-electron chi connectivity index (χ2n) is 35.2. The summed E-state index contributed by atoms with van der Waals surface area (Å²) in [6.07, 6.45) is -7.33. The summed E-state index contributed by atoms with van der Waals surface area (Å²) in [7, 11) is 0. The number of hydrogen-bond donors (Lipinski definition) is 22. The fourth-order valence-electron chi connectivity index (χ4n) is 14.4. The van der Waals surface area contributed by atoms with Crippen LogP contribution in [0.25, 0.3) is 10.8 Å². The number of rotatable bonds is 35. The number of nitrogens with two attached hydrogens (primary N) is 4. The fraction of sp³-hybridized carbons (Fsp3) is 0.500. The van der Waals surface area contributed by atoms with Crippen LogP contribution in [-0.4, -0.2) is 340 Å². The first-order valence-corrected chi connectivity index (χ1v) is 48.2. The van der Waals surface area contributed by atoms with Crippen molar-refractivity contribution >= 4 is 182 Å². The van der Waals surface area contributed by atoms with E-state index in [1.807, 2.05) is 12.1 Å². The number of Topliss-reactive ketones (excluding diaryl/α,β-unsaturated/α-hetero) is 1. The average Bonchev–Trinajstić information content (AvgIpc) is 1.64. The predicted octanol–water partition coefficient (Wildman–Crippen LogP) is -6.27. The number of carbonyl (C=O) groups is 23. The quantitative estimate of drug-likeness (QED) is 0.0204. The van der Waals surface area contributed by atoms with Crippen LogP contribution in [0.15, 0.2) is 97.1 Å². The monoisotopic (exact) mass is 2020 g/mol. The number of fused-ring (bicyclic) bond motifs is 4. The van der Waals surface area contributed by atoms with E-state index in [4.69, 9.17) is 22.9 Å². The highest BCUT2D eigenvalue weighted by molar-refractivity contribution is 8.00. The van der Waals surface area contributed by atoms with Gasteiger partial charge in [0, 0.05) is 95.1 Å². The molecular formula is C90H120N20O28S3. The maximum Gasteiger partial charge on any atom is 0.305 e. The van der Waals surface area contributed by atoms with Gasteiger partial charge in [-0.15, -0.1) is 35.3 Å². The molecule has 766 valence electrons. The lowest BCUT2D eigenvalue weighted by molar-refractivity contribution is -0.142. The van der Waals surface area contributed by atoms with Crippen molar-refractivity contribution < 1.29 is 136 Å². The van der Waals surface area contributed by atoms with Crippen molar-refractivity contribution in [2.45, 2.75) is 202 Å². The first-order valence-electron chi connectivity index (χ1n) is 44.7. The first-order chi connectivity index (χ1) is 66.4. The highest BCUT2D eigenvalue weighted by Gasteiger charge is 2.52. The van der Waals surface area contributed by atoms with Crippen molar-refractivity contribution in [2.75, 3.05) is 73.8 Å². The number of hydrogen-bond acceptors (Lipinski definition) is 29. The highest BCUT2D eigenvalue weighted by Crippen LogP contribution is 2.30. The molecule has 26 N–H and O–H groups in total. The molecule has 1 unspecified atom stereocenters. The van der Waals surface area contributed by atoms with Gasteiger partial charge in [0.05, 0.1) is 48.6 Å². The number of phenolic OH excluding ortho intramolecular Hbond substituents is 1. The molecule has 18 amide bonds. The van der Waals surface area contributed by atoms with Gasteiger partial charge >= 0.3 is 23.9 Å². The minimum Gasteiger partial charge on any atom is -0.508 e. The molecule has 51 heteroatoms. The van der Waals surface area contributed by atoms with E-state index in [0.717, 1.165) is 47.6 Å².